The molecule has 1 aromatic carbocycles. The molecule has 0 amide bonds. The minimum absolute atomic E-state index is 0.0273. The van der Waals surface area contributed by atoms with Gasteiger partial charge in [0, 0.05) is 12.8 Å². The first-order valence-electron chi connectivity index (χ1n) is 5.29. The number of ketones is 1. The molecular weight excluding hydrogens is 212 g/mol. The average molecular weight is 227 g/mol. The maximum absolute atomic E-state index is 12.8. The molecule has 4 heteroatoms. The minimum atomic E-state index is -0.910. The molecular formula is C12H15F2NO. The van der Waals surface area contributed by atoms with Crippen LogP contribution in [0.15, 0.2) is 18.2 Å². The van der Waals surface area contributed by atoms with Crippen molar-refractivity contribution >= 4 is 5.78 Å². The summed E-state index contributed by atoms with van der Waals surface area (Å²) in [5, 5.41) is 0. The lowest BCUT2D eigenvalue weighted by Crippen LogP contribution is -2.05. The molecule has 0 heterocycles. The molecule has 16 heavy (non-hydrogen) atoms. The molecule has 1 rings (SSSR count). The van der Waals surface area contributed by atoms with E-state index in [4.69, 9.17) is 5.73 Å². The van der Waals surface area contributed by atoms with Crippen molar-refractivity contribution in [2.24, 2.45) is 5.73 Å². The molecule has 0 bridgehead atoms. The van der Waals surface area contributed by atoms with Crippen LogP contribution >= 0.6 is 0 Å². The first-order chi connectivity index (χ1) is 7.63. The van der Waals surface area contributed by atoms with E-state index in [0.29, 0.717) is 18.5 Å². The Balaban J connectivity index is 2.46. The summed E-state index contributed by atoms with van der Waals surface area (Å²) in [5.41, 5.74) is 5.81. The van der Waals surface area contributed by atoms with Gasteiger partial charge in [-0.1, -0.05) is 6.07 Å². The standard InChI is InChI=1S/C12H15F2NO/c13-11-5-4-9(8-12(11)14)7-10(16)3-1-2-6-15/h4-5,8H,1-3,6-7,15H2. The Labute approximate surface area is 93.5 Å². The number of benzene rings is 1. The van der Waals surface area contributed by atoms with Gasteiger partial charge in [0.05, 0.1) is 0 Å². The highest BCUT2D eigenvalue weighted by atomic mass is 19.2. The third kappa shape index (κ3) is 4.06. The molecule has 0 atom stereocenters. The van der Waals surface area contributed by atoms with Gasteiger partial charge in [0.2, 0.25) is 0 Å². The van der Waals surface area contributed by atoms with Crippen LogP contribution in [0, 0.1) is 11.6 Å². The van der Waals surface area contributed by atoms with Gasteiger partial charge in [-0.25, -0.2) is 8.78 Å². The van der Waals surface area contributed by atoms with Crippen LogP contribution in [0.25, 0.3) is 0 Å². The van der Waals surface area contributed by atoms with E-state index < -0.39 is 11.6 Å². The van der Waals surface area contributed by atoms with Gasteiger partial charge in [-0.05, 0) is 37.1 Å². The number of halogens is 2. The van der Waals surface area contributed by atoms with E-state index in [1.807, 2.05) is 0 Å². The number of nitrogens with two attached hydrogens (primary N) is 1. The van der Waals surface area contributed by atoms with Crippen LogP contribution in [0.2, 0.25) is 0 Å². The first kappa shape index (κ1) is 12.8. The highest BCUT2D eigenvalue weighted by Crippen LogP contribution is 2.10. The molecule has 2 nitrogen and oxygen atoms in total. The number of rotatable bonds is 6. The smallest absolute Gasteiger partial charge is 0.159 e. The summed E-state index contributed by atoms with van der Waals surface area (Å²) in [6.07, 6.45) is 2.15. The van der Waals surface area contributed by atoms with Crippen LogP contribution in [-0.2, 0) is 11.2 Å². The largest absolute Gasteiger partial charge is 0.330 e. The Morgan fingerprint density at radius 1 is 1.19 bits per heavy atom. The molecule has 0 saturated carbocycles. The number of Topliss-reactive ketones (excluding diaryl/α,β-unsaturated/α-hetero) is 1. The molecule has 0 saturated heterocycles. The Bertz CT molecular complexity index is 366. The lowest BCUT2D eigenvalue weighted by atomic mass is 10.0. The molecule has 0 radical (unpaired) electrons. The van der Waals surface area contributed by atoms with Crippen LogP contribution in [0.5, 0.6) is 0 Å². The summed E-state index contributed by atoms with van der Waals surface area (Å²) >= 11 is 0. The number of hydrogen-bond donors (Lipinski definition) is 1. The third-order valence-corrected chi connectivity index (χ3v) is 2.30. The zero-order chi connectivity index (χ0) is 12.0. The van der Waals surface area contributed by atoms with E-state index in [9.17, 15) is 13.6 Å². The Kier molecular flexibility index (Phi) is 5.05. The van der Waals surface area contributed by atoms with E-state index in [1.165, 1.54) is 6.07 Å². The summed E-state index contributed by atoms with van der Waals surface area (Å²) in [7, 11) is 0. The minimum Gasteiger partial charge on any atom is -0.330 e. The summed E-state index contributed by atoms with van der Waals surface area (Å²) in [4.78, 5) is 11.4. The van der Waals surface area contributed by atoms with Crippen molar-refractivity contribution in [3.63, 3.8) is 0 Å². The second-order valence-corrected chi connectivity index (χ2v) is 3.71. The molecule has 0 aromatic heterocycles. The zero-order valence-corrected chi connectivity index (χ0v) is 9.01. The van der Waals surface area contributed by atoms with E-state index in [-0.39, 0.29) is 12.2 Å². The lowest BCUT2D eigenvalue weighted by Gasteiger charge is -2.01. The predicted octanol–water partition coefficient (Wildman–Crippen LogP) is 2.21. The van der Waals surface area contributed by atoms with E-state index in [0.717, 1.165) is 25.0 Å². The second kappa shape index (κ2) is 6.33. The number of hydrogen-bond acceptors (Lipinski definition) is 2. The highest BCUT2D eigenvalue weighted by Gasteiger charge is 2.06. The van der Waals surface area contributed by atoms with Gasteiger partial charge in [0.1, 0.15) is 5.78 Å². The Morgan fingerprint density at radius 2 is 1.94 bits per heavy atom. The molecule has 0 aliphatic heterocycles. The fraction of sp³-hybridized carbons (Fsp3) is 0.417. The number of unbranched alkanes of at least 4 members (excludes halogenated alkanes) is 1. The van der Waals surface area contributed by atoms with Gasteiger partial charge < -0.3 is 5.73 Å². The van der Waals surface area contributed by atoms with Crippen molar-refractivity contribution in [1.29, 1.82) is 0 Å². The van der Waals surface area contributed by atoms with Crippen LogP contribution in [-0.4, -0.2) is 12.3 Å². The maximum atomic E-state index is 12.8. The van der Waals surface area contributed by atoms with E-state index in [1.54, 1.807) is 0 Å². The second-order valence-electron chi connectivity index (χ2n) is 3.71. The zero-order valence-electron chi connectivity index (χ0n) is 9.01. The quantitative estimate of drug-likeness (QED) is 0.757. The van der Waals surface area contributed by atoms with Gasteiger partial charge in [0.15, 0.2) is 11.6 Å². The van der Waals surface area contributed by atoms with Gasteiger partial charge in [-0.15, -0.1) is 0 Å². The predicted molar refractivity (Wildman–Crippen MR) is 58.0 cm³/mol. The van der Waals surface area contributed by atoms with Gasteiger partial charge in [-0.3, -0.25) is 4.79 Å². The van der Waals surface area contributed by atoms with Crippen LogP contribution < -0.4 is 5.73 Å². The number of carbonyl (C=O) groups excluding carboxylic acids is 1. The first-order valence-corrected chi connectivity index (χ1v) is 5.29. The molecule has 0 unspecified atom stereocenters. The van der Waals surface area contributed by atoms with Crippen LogP contribution in [0.1, 0.15) is 24.8 Å². The van der Waals surface area contributed by atoms with Crippen LogP contribution in [0.4, 0.5) is 8.78 Å². The SMILES string of the molecule is NCCCCC(=O)Cc1ccc(F)c(F)c1. The molecule has 2 N–H and O–H groups in total. The van der Waals surface area contributed by atoms with Gasteiger partial charge >= 0.3 is 0 Å². The third-order valence-electron chi connectivity index (χ3n) is 2.30. The highest BCUT2D eigenvalue weighted by molar-refractivity contribution is 5.80. The maximum Gasteiger partial charge on any atom is 0.159 e. The Hall–Kier alpha value is -1.29. The number of carbonyl (C=O) groups is 1. The summed E-state index contributed by atoms with van der Waals surface area (Å²) in [6, 6.07) is 3.53. The van der Waals surface area contributed by atoms with Crippen molar-refractivity contribution < 1.29 is 13.6 Å². The van der Waals surface area contributed by atoms with Gasteiger partial charge in [-0.2, -0.15) is 0 Å². The normalized spacial score (nSPS) is 10.4. The molecule has 0 aliphatic rings. The van der Waals surface area contributed by atoms with Crippen molar-refractivity contribution in [1.82, 2.24) is 0 Å². The molecule has 0 spiro atoms. The fourth-order valence-corrected chi connectivity index (χ4v) is 1.43. The molecule has 0 aliphatic carbocycles. The summed E-state index contributed by atoms with van der Waals surface area (Å²) in [5.74, 6) is -1.77. The summed E-state index contributed by atoms with van der Waals surface area (Å²) in [6.45, 7) is 0.568. The van der Waals surface area contributed by atoms with Crippen molar-refractivity contribution in [3.8, 4) is 0 Å². The summed E-state index contributed by atoms with van der Waals surface area (Å²) < 4.78 is 25.4. The van der Waals surface area contributed by atoms with E-state index in [2.05, 4.69) is 0 Å². The van der Waals surface area contributed by atoms with Crippen molar-refractivity contribution in [2.75, 3.05) is 6.54 Å². The molecule has 88 valence electrons. The molecule has 1 aromatic rings. The average Bonchev–Trinajstić information content (AvgIpc) is 2.24. The van der Waals surface area contributed by atoms with Crippen molar-refractivity contribution in [2.45, 2.75) is 25.7 Å². The topological polar surface area (TPSA) is 43.1 Å². The van der Waals surface area contributed by atoms with Crippen molar-refractivity contribution in [3.05, 3.63) is 35.4 Å². The monoisotopic (exact) mass is 227 g/mol. The fourth-order valence-electron chi connectivity index (χ4n) is 1.43. The van der Waals surface area contributed by atoms with Gasteiger partial charge in [0.25, 0.3) is 0 Å². The van der Waals surface area contributed by atoms with E-state index >= 15 is 0 Å². The Morgan fingerprint density at radius 3 is 2.56 bits per heavy atom. The molecule has 0 fully saturated rings. The van der Waals surface area contributed by atoms with Crippen LogP contribution in [0.3, 0.4) is 0 Å². The lowest BCUT2D eigenvalue weighted by molar-refractivity contribution is -0.118.